The maximum atomic E-state index is 11.7. The molecule has 6 nitrogen and oxygen atoms in total. The van der Waals surface area contributed by atoms with Crippen LogP contribution in [-0.4, -0.2) is 36.7 Å². The first-order chi connectivity index (χ1) is 16.4. The number of carbonyl (C=O) groups is 1. The number of rotatable bonds is 5. The van der Waals surface area contributed by atoms with Crippen LogP contribution in [0.5, 0.6) is 0 Å². The van der Waals surface area contributed by atoms with E-state index in [1.807, 2.05) is 31.3 Å². The van der Waals surface area contributed by atoms with Crippen LogP contribution < -0.4 is 5.32 Å². The number of nitrogens with one attached hydrogen (secondary N) is 1. The molecule has 0 bridgehead atoms. The molecule has 0 amide bonds. The van der Waals surface area contributed by atoms with Crippen LogP contribution >= 0.6 is 12.2 Å². The Kier molecular flexibility index (Phi) is 5.90. The Morgan fingerprint density at radius 3 is 2.56 bits per heavy atom. The van der Waals surface area contributed by atoms with Crippen LogP contribution in [0.3, 0.4) is 0 Å². The molecule has 3 heterocycles. The second kappa shape index (κ2) is 8.87. The van der Waals surface area contributed by atoms with Gasteiger partial charge in [-0.3, -0.25) is 4.98 Å². The summed E-state index contributed by atoms with van der Waals surface area (Å²) in [6.07, 6.45) is 6.58. The van der Waals surface area contributed by atoms with E-state index in [2.05, 4.69) is 45.7 Å². The summed E-state index contributed by atoms with van der Waals surface area (Å²) in [7, 11) is 0. The highest BCUT2D eigenvalue weighted by Crippen LogP contribution is 2.45. The Balaban J connectivity index is 1.65. The Morgan fingerprint density at radius 1 is 1.12 bits per heavy atom. The summed E-state index contributed by atoms with van der Waals surface area (Å²) >= 11 is 5.89. The Labute approximate surface area is 205 Å². The van der Waals surface area contributed by atoms with Crippen LogP contribution in [0.25, 0.3) is 5.69 Å². The van der Waals surface area contributed by atoms with E-state index < -0.39 is 5.97 Å². The molecule has 7 heteroatoms. The predicted octanol–water partition coefficient (Wildman–Crippen LogP) is 5.41. The zero-order valence-corrected chi connectivity index (χ0v) is 20.6. The zero-order chi connectivity index (χ0) is 24.0. The number of carboxylic acid groups (broad SMARTS) is 1. The number of hydrogen-bond donors (Lipinski definition) is 2. The minimum Gasteiger partial charge on any atom is -0.478 e. The molecule has 5 rings (SSSR count). The summed E-state index contributed by atoms with van der Waals surface area (Å²) in [6.45, 7) is 6.23. The second-order valence-electron chi connectivity index (χ2n) is 9.44. The molecule has 2 aliphatic rings. The standard InChI is InChI=1S/C27H30N4O2S/c1-16-11-12-19(26(32)33)15-23(16)30-17(2)14-21(18(30)3)25-24(22-10-6-7-13-28-22)29-27(34)31(25)20-8-4-5-9-20/h6-7,10-15,20,24-25H,4-5,8-9H2,1-3H3,(H,29,34)(H,32,33)/t24-,25-/m0/s1. The molecule has 34 heavy (non-hydrogen) atoms. The van der Waals surface area contributed by atoms with Gasteiger partial charge in [-0.05, 0) is 87.3 Å². The maximum absolute atomic E-state index is 11.7. The van der Waals surface area contributed by atoms with Gasteiger partial charge in [0.1, 0.15) is 0 Å². The van der Waals surface area contributed by atoms with Crippen molar-refractivity contribution in [2.24, 2.45) is 0 Å². The first kappa shape index (κ1) is 22.6. The monoisotopic (exact) mass is 474 g/mol. The molecule has 0 spiro atoms. The minimum atomic E-state index is -0.920. The van der Waals surface area contributed by atoms with Crippen LogP contribution in [0, 0.1) is 20.8 Å². The van der Waals surface area contributed by atoms with Crippen LogP contribution in [0.1, 0.15) is 76.3 Å². The molecular weight excluding hydrogens is 444 g/mol. The van der Waals surface area contributed by atoms with Gasteiger partial charge in [0.25, 0.3) is 0 Å². The lowest BCUT2D eigenvalue weighted by Gasteiger charge is -2.33. The average molecular weight is 475 g/mol. The van der Waals surface area contributed by atoms with Crippen molar-refractivity contribution in [1.82, 2.24) is 19.8 Å². The van der Waals surface area contributed by atoms with E-state index in [1.165, 1.54) is 18.4 Å². The molecule has 2 N–H and O–H groups in total. The van der Waals surface area contributed by atoms with Crippen molar-refractivity contribution in [2.45, 2.75) is 64.6 Å². The van der Waals surface area contributed by atoms with Gasteiger partial charge >= 0.3 is 5.97 Å². The van der Waals surface area contributed by atoms with E-state index in [1.54, 1.807) is 12.1 Å². The zero-order valence-electron chi connectivity index (χ0n) is 19.8. The third-order valence-corrected chi connectivity index (χ3v) is 7.67. The number of thiocarbonyl (C=S) groups is 1. The van der Waals surface area contributed by atoms with Crippen LogP contribution in [0.15, 0.2) is 48.7 Å². The minimum absolute atomic E-state index is 0.0217. The van der Waals surface area contributed by atoms with Gasteiger partial charge in [-0.2, -0.15) is 0 Å². The van der Waals surface area contributed by atoms with E-state index >= 15 is 0 Å². The Bertz CT molecular complexity index is 1250. The van der Waals surface area contributed by atoms with Gasteiger partial charge in [0, 0.05) is 29.3 Å². The van der Waals surface area contributed by atoms with E-state index in [-0.39, 0.29) is 17.6 Å². The second-order valence-corrected chi connectivity index (χ2v) is 9.83. The van der Waals surface area contributed by atoms with Crippen molar-refractivity contribution in [3.63, 3.8) is 0 Å². The molecule has 0 radical (unpaired) electrons. The third kappa shape index (κ3) is 3.78. The summed E-state index contributed by atoms with van der Waals surface area (Å²) in [6, 6.07) is 14.0. The molecule has 1 saturated heterocycles. The van der Waals surface area contributed by atoms with E-state index in [0.717, 1.165) is 46.3 Å². The number of carboxylic acids is 1. The number of nitrogens with zero attached hydrogens (tertiary/aromatic N) is 3. The van der Waals surface area contributed by atoms with Gasteiger partial charge in [-0.25, -0.2) is 4.79 Å². The SMILES string of the molecule is Cc1ccc(C(=O)O)cc1-n1c(C)cc([C@H]2[C@H](c3ccccn3)NC(=S)N2C2CCCC2)c1C. The fourth-order valence-corrected chi connectivity index (χ4v) is 6.10. The first-order valence-corrected chi connectivity index (χ1v) is 12.3. The number of aromatic carboxylic acids is 1. The summed E-state index contributed by atoms with van der Waals surface area (Å²) in [5, 5.41) is 13.9. The smallest absolute Gasteiger partial charge is 0.335 e. The fourth-order valence-electron chi connectivity index (χ4n) is 5.71. The predicted molar refractivity (Wildman–Crippen MR) is 136 cm³/mol. The molecule has 1 aliphatic carbocycles. The number of pyridine rings is 1. The summed E-state index contributed by atoms with van der Waals surface area (Å²) in [5.41, 5.74) is 6.57. The largest absolute Gasteiger partial charge is 0.478 e. The van der Waals surface area contributed by atoms with E-state index in [0.29, 0.717) is 6.04 Å². The van der Waals surface area contributed by atoms with Crippen LogP contribution in [0.4, 0.5) is 0 Å². The number of aromatic nitrogens is 2. The molecule has 2 atom stereocenters. The van der Waals surface area contributed by atoms with E-state index in [9.17, 15) is 9.90 Å². The lowest BCUT2D eigenvalue weighted by Crippen LogP contribution is -2.37. The van der Waals surface area contributed by atoms with Crippen molar-refractivity contribution >= 4 is 23.3 Å². The lowest BCUT2D eigenvalue weighted by atomic mass is 9.95. The van der Waals surface area contributed by atoms with E-state index in [4.69, 9.17) is 12.2 Å². The molecule has 176 valence electrons. The fraction of sp³-hybridized carbons (Fsp3) is 0.370. The van der Waals surface area contributed by atoms with Gasteiger partial charge in [0.2, 0.25) is 0 Å². The normalized spacial score (nSPS) is 20.7. The van der Waals surface area contributed by atoms with Gasteiger partial charge in [0.05, 0.1) is 23.3 Å². The molecule has 1 aromatic carbocycles. The molecule has 1 saturated carbocycles. The highest BCUT2D eigenvalue weighted by Gasteiger charge is 2.44. The number of benzene rings is 1. The summed E-state index contributed by atoms with van der Waals surface area (Å²) in [5.74, 6) is -0.920. The summed E-state index contributed by atoms with van der Waals surface area (Å²) < 4.78 is 2.18. The molecule has 2 aromatic heterocycles. The molecule has 2 fully saturated rings. The van der Waals surface area contributed by atoms with Crippen molar-refractivity contribution in [3.8, 4) is 5.69 Å². The molecular formula is C27H30N4O2S. The topological polar surface area (TPSA) is 70.4 Å². The summed E-state index contributed by atoms with van der Waals surface area (Å²) in [4.78, 5) is 18.7. The number of aryl methyl sites for hydroxylation is 2. The van der Waals surface area contributed by atoms with Gasteiger partial charge in [0.15, 0.2) is 5.11 Å². The third-order valence-electron chi connectivity index (χ3n) is 7.34. The highest BCUT2D eigenvalue weighted by atomic mass is 32.1. The quantitative estimate of drug-likeness (QED) is 0.482. The molecule has 3 aromatic rings. The molecule has 1 aliphatic heterocycles. The van der Waals surface area contributed by atoms with Crippen molar-refractivity contribution in [1.29, 1.82) is 0 Å². The highest BCUT2D eigenvalue weighted by molar-refractivity contribution is 7.80. The van der Waals surface area contributed by atoms with Crippen LogP contribution in [0.2, 0.25) is 0 Å². The Morgan fingerprint density at radius 2 is 1.88 bits per heavy atom. The molecule has 0 unspecified atom stereocenters. The average Bonchev–Trinajstić information content (AvgIpc) is 3.53. The van der Waals surface area contributed by atoms with Crippen molar-refractivity contribution in [3.05, 3.63) is 82.4 Å². The number of hydrogen-bond acceptors (Lipinski definition) is 3. The first-order valence-electron chi connectivity index (χ1n) is 11.9. The van der Waals surface area contributed by atoms with Crippen molar-refractivity contribution < 1.29 is 9.90 Å². The Hall–Kier alpha value is -3.19. The lowest BCUT2D eigenvalue weighted by molar-refractivity contribution is 0.0697. The maximum Gasteiger partial charge on any atom is 0.335 e. The van der Waals surface area contributed by atoms with Crippen LogP contribution in [-0.2, 0) is 0 Å². The van der Waals surface area contributed by atoms with Gasteiger partial charge in [-0.1, -0.05) is 25.0 Å². The van der Waals surface area contributed by atoms with Gasteiger partial charge < -0.3 is 19.9 Å². The van der Waals surface area contributed by atoms with Gasteiger partial charge in [-0.15, -0.1) is 0 Å². The van der Waals surface area contributed by atoms with Crippen molar-refractivity contribution in [2.75, 3.05) is 0 Å².